The summed E-state index contributed by atoms with van der Waals surface area (Å²) in [7, 11) is 0. The molecule has 5 nitrogen and oxygen atoms in total. The Hall–Kier alpha value is -2.95. The van der Waals surface area contributed by atoms with Gasteiger partial charge in [-0.3, -0.25) is 0 Å². The van der Waals surface area contributed by atoms with E-state index in [9.17, 15) is 4.79 Å². The number of fused-ring (bicyclic) bond motifs is 1. The highest BCUT2D eigenvalue weighted by Crippen LogP contribution is 2.37. The minimum atomic E-state index is -0.410. The lowest BCUT2D eigenvalue weighted by Crippen LogP contribution is -2.36. The average molecular weight is 425 g/mol. The molecule has 3 rings (SSSR count). The Morgan fingerprint density at radius 3 is 2.61 bits per heavy atom. The molecule has 0 spiro atoms. The molecule has 0 amide bonds. The van der Waals surface area contributed by atoms with E-state index < -0.39 is 5.97 Å². The van der Waals surface area contributed by atoms with Crippen molar-refractivity contribution in [3.05, 3.63) is 71.5 Å². The highest BCUT2D eigenvalue weighted by atomic mass is 16.6. The third-order valence-corrected chi connectivity index (χ3v) is 5.34. The lowest BCUT2D eigenvalue weighted by atomic mass is 9.88. The van der Waals surface area contributed by atoms with Crippen molar-refractivity contribution < 1.29 is 23.7 Å². The second kappa shape index (κ2) is 10.9. The average Bonchev–Trinajstić information content (AvgIpc) is 2.78. The number of esters is 1. The zero-order valence-electron chi connectivity index (χ0n) is 18.7. The summed E-state index contributed by atoms with van der Waals surface area (Å²) in [5, 5.41) is 0. The zero-order chi connectivity index (χ0) is 22.1. The first-order valence-corrected chi connectivity index (χ1v) is 11.0. The van der Waals surface area contributed by atoms with Gasteiger partial charge in [-0.15, -0.1) is 0 Å². The van der Waals surface area contributed by atoms with Crippen molar-refractivity contribution in [2.24, 2.45) is 0 Å². The summed E-state index contributed by atoms with van der Waals surface area (Å²) in [6.07, 6.45) is 5.10. The third kappa shape index (κ3) is 6.51. The van der Waals surface area contributed by atoms with Crippen molar-refractivity contribution in [1.29, 1.82) is 0 Å². The van der Waals surface area contributed by atoms with Crippen LogP contribution in [0.4, 0.5) is 0 Å². The van der Waals surface area contributed by atoms with E-state index in [4.69, 9.17) is 18.9 Å². The Bertz CT molecular complexity index is 890. The smallest absolute Gasteiger partial charge is 0.373 e. The van der Waals surface area contributed by atoms with Gasteiger partial charge in [-0.1, -0.05) is 30.3 Å². The van der Waals surface area contributed by atoms with Crippen LogP contribution >= 0.6 is 0 Å². The van der Waals surface area contributed by atoms with Crippen LogP contribution in [-0.4, -0.2) is 24.8 Å². The summed E-state index contributed by atoms with van der Waals surface area (Å²) in [6.45, 7) is 7.07. The van der Waals surface area contributed by atoms with Gasteiger partial charge in [0, 0.05) is 0 Å². The van der Waals surface area contributed by atoms with Crippen LogP contribution in [0.3, 0.4) is 0 Å². The Balaban J connectivity index is 1.57. The maximum absolute atomic E-state index is 12.0. The molecule has 0 bridgehead atoms. The van der Waals surface area contributed by atoms with Gasteiger partial charge in [0.25, 0.3) is 0 Å². The molecule has 1 atom stereocenters. The van der Waals surface area contributed by atoms with Crippen LogP contribution in [0.1, 0.15) is 51.2 Å². The molecule has 0 saturated carbocycles. The molecule has 1 heterocycles. The van der Waals surface area contributed by atoms with Crippen molar-refractivity contribution in [1.82, 2.24) is 0 Å². The molecule has 1 aliphatic heterocycles. The number of hydrogen-bond donors (Lipinski definition) is 0. The highest BCUT2D eigenvalue weighted by molar-refractivity contribution is 5.86. The Morgan fingerprint density at radius 1 is 1.10 bits per heavy atom. The number of ether oxygens (including phenoxy) is 4. The molecule has 0 aromatic heterocycles. The van der Waals surface area contributed by atoms with Crippen LogP contribution in [-0.2, 0) is 27.3 Å². The molecular weight excluding hydrogens is 392 g/mol. The van der Waals surface area contributed by atoms with E-state index in [0.717, 1.165) is 36.3 Å². The van der Waals surface area contributed by atoms with Gasteiger partial charge in [0.15, 0.2) is 0 Å². The van der Waals surface area contributed by atoms with E-state index in [2.05, 4.69) is 25.1 Å². The fourth-order valence-corrected chi connectivity index (χ4v) is 3.64. The first-order chi connectivity index (χ1) is 15.0. The third-order valence-electron chi connectivity index (χ3n) is 5.34. The number of carbonyl (C=O) groups is 1. The molecule has 31 heavy (non-hydrogen) atoms. The summed E-state index contributed by atoms with van der Waals surface area (Å²) in [5.74, 6) is 1.63. The second-order valence-corrected chi connectivity index (χ2v) is 7.86. The minimum absolute atomic E-state index is 0.282. The highest BCUT2D eigenvalue weighted by Gasteiger charge is 2.31. The standard InChI is InChI=1S/C26H32O5/c1-4-28-24(25(27)29-5-2)12-9-16-26(3)17-15-21-18-22(13-14-23(21)31-26)30-19-20-10-7-6-8-11-20/h6-8,10-14,18H,4-5,9,15-17,19H2,1-3H3/b24-12-. The number of rotatable bonds is 10. The molecule has 1 aliphatic rings. The first-order valence-electron chi connectivity index (χ1n) is 11.0. The summed E-state index contributed by atoms with van der Waals surface area (Å²) in [5.41, 5.74) is 2.02. The van der Waals surface area contributed by atoms with E-state index in [1.165, 1.54) is 5.56 Å². The summed E-state index contributed by atoms with van der Waals surface area (Å²) in [6, 6.07) is 16.2. The van der Waals surface area contributed by atoms with Gasteiger partial charge in [-0.05, 0) is 81.9 Å². The minimum Gasteiger partial charge on any atom is -0.489 e. The maximum atomic E-state index is 12.0. The number of benzene rings is 2. The molecular formula is C26H32O5. The van der Waals surface area contributed by atoms with Gasteiger partial charge in [0.2, 0.25) is 5.76 Å². The van der Waals surface area contributed by atoms with Gasteiger partial charge >= 0.3 is 5.97 Å². The maximum Gasteiger partial charge on any atom is 0.373 e. The van der Waals surface area contributed by atoms with Crippen LogP contribution in [0.5, 0.6) is 11.5 Å². The van der Waals surface area contributed by atoms with Gasteiger partial charge in [-0.25, -0.2) is 4.79 Å². The second-order valence-electron chi connectivity index (χ2n) is 7.86. The molecule has 0 fully saturated rings. The molecule has 0 radical (unpaired) electrons. The van der Waals surface area contributed by atoms with Crippen molar-refractivity contribution in [2.45, 2.75) is 58.7 Å². The van der Waals surface area contributed by atoms with Gasteiger partial charge in [0.05, 0.1) is 13.2 Å². The van der Waals surface area contributed by atoms with Crippen molar-refractivity contribution in [2.75, 3.05) is 13.2 Å². The number of carbonyl (C=O) groups excluding carboxylic acids is 1. The molecule has 0 N–H and O–H groups in total. The summed E-state index contributed by atoms with van der Waals surface area (Å²) >= 11 is 0. The summed E-state index contributed by atoms with van der Waals surface area (Å²) in [4.78, 5) is 12.0. The topological polar surface area (TPSA) is 54.0 Å². The van der Waals surface area contributed by atoms with Crippen molar-refractivity contribution >= 4 is 5.97 Å². The van der Waals surface area contributed by atoms with Crippen LogP contribution in [0.15, 0.2) is 60.4 Å². The van der Waals surface area contributed by atoms with Crippen LogP contribution in [0.2, 0.25) is 0 Å². The van der Waals surface area contributed by atoms with Crippen molar-refractivity contribution in [3.63, 3.8) is 0 Å². The molecule has 0 aliphatic carbocycles. The molecule has 2 aromatic carbocycles. The van der Waals surface area contributed by atoms with Crippen LogP contribution in [0, 0.1) is 0 Å². The van der Waals surface area contributed by atoms with Gasteiger partial charge in [0.1, 0.15) is 23.7 Å². The Morgan fingerprint density at radius 2 is 1.87 bits per heavy atom. The van der Waals surface area contributed by atoms with E-state index in [1.807, 2.05) is 43.3 Å². The van der Waals surface area contributed by atoms with Gasteiger partial charge in [-0.2, -0.15) is 0 Å². The van der Waals surface area contributed by atoms with Crippen molar-refractivity contribution in [3.8, 4) is 11.5 Å². The van der Waals surface area contributed by atoms with Gasteiger partial charge < -0.3 is 18.9 Å². The molecule has 1 unspecified atom stereocenters. The Kier molecular flexibility index (Phi) is 7.99. The van der Waals surface area contributed by atoms with Crippen LogP contribution < -0.4 is 9.47 Å². The number of aryl methyl sites for hydroxylation is 1. The number of allylic oxidation sites excluding steroid dienone is 1. The number of hydrogen-bond acceptors (Lipinski definition) is 5. The quantitative estimate of drug-likeness (QED) is 0.282. The predicted octanol–water partition coefficient (Wildman–Crippen LogP) is 5.61. The lowest BCUT2D eigenvalue weighted by molar-refractivity contribution is -0.142. The van der Waals surface area contributed by atoms with E-state index in [1.54, 1.807) is 6.92 Å². The van der Waals surface area contributed by atoms with E-state index >= 15 is 0 Å². The molecule has 166 valence electrons. The van der Waals surface area contributed by atoms with Crippen LogP contribution in [0.25, 0.3) is 0 Å². The molecule has 2 aromatic rings. The normalized spacial score (nSPS) is 18.0. The van der Waals surface area contributed by atoms with E-state index in [0.29, 0.717) is 26.2 Å². The molecule has 0 saturated heterocycles. The first kappa shape index (κ1) is 22.7. The Labute approximate surface area is 185 Å². The monoisotopic (exact) mass is 424 g/mol. The fraction of sp³-hybridized carbons (Fsp3) is 0.423. The SMILES string of the molecule is CCOC(=O)/C(=C/CCC1(C)CCc2cc(OCc3ccccc3)ccc2O1)OCC. The summed E-state index contributed by atoms with van der Waals surface area (Å²) < 4.78 is 22.8. The fourth-order valence-electron chi connectivity index (χ4n) is 3.64. The largest absolute Gasteiger partial charge is 0.489 e. The zero-order valence-corrected chi connectivity index (χ0v) is 18.7. The predicted molar refractivity (Wildman–Crippen MR) is 120 cm³/mol. The molecule has 5 heteroatoms. The lowest BCUT2D eigenvalue weighted by Gasteiger charge is -2.36. The van der Waals surface area contributed by atoms with E-state index in [-0.39, 0.29) is 11.4 Å².